The first kappa shape index (κ1) is 13.6. The van der Waals surface area contributed by atoms with E-state index in [1.165, 1.54) is 0 Å². The molecule has 2 aromatic rings. The Morgan fingerprint density at radius 1 is 1.19 bits per heavy atom. The van der Waals surface area contributed by atoms with Gasteiger partial charge in [0.15, 0.2) is 0 Å². The van der Waals surface area contributed by atoms with E-state index in [0.717, 1.165) is 10.6 Å². The van der Waals surface area contributed by atoms with E-state index < -0.39 is 5.97 Å². The number of amides is 1. The molecule has 0 saturated carbocycles. The molecule has 4 nitrogen and oxygen atoms in total. The van der Waals surface area contributed by atoms with Crippen LogP contribution in [0.2, 0.25) is 5.02 Å². The van der Waals surface area contributed by atoms with Crippen molar-refractivity contribution >= 4 is 23.5 Å². The second-order valence-electron chi connectivity index (χ2n) is 4.89. The first-order valence-corrected chi connectivity index (χ1v) is 6.81. The highest BCUT2D eigenvalue weighted by Crippen LogP contribution is 2.24. The van der Waals surface area contributed by atoms with E-state index in [1.54, 1.807) is 30.3 Å². The zero-order valence-corrected chi connectivity index (χ0v) is 12.1. The van der Waals surface area contributed by atoms with Crippen molar-refractivity contribution in [2.45, 2.75) is 13.5 Å². The van der Waals surface area contributed by atoms with Crippen molar-refractivity contribution in [3.63, 3.8) is 0 Å². The third kappa shape index (κ3) is 2.62. The molecular formula is C16H12ClNO3. The Morgan fingerprint density at radius 3 is 2.62 bits per heavy atom. The zero-order chi connectivity index (χ0) is 15.0. The van der Waals surface area contributed by atoms with Crippen LogP contribution in [0.3, 0.4) is 0 Å². The van der Waals surface area contributed by atoms with Gasteiger partial charge in [0.2, 0.25) is 0 Å². The number of aryl methyl sites for hydroxylation is 1. The number of carbonyl (C=O) groups is 2. The summed E-state index contributed by atoms with van der Waals surface area (Å²) in [5.41, 5.74) is 2.64. The fourth-order valence-corrected chi connectivity index (χ4v) is 2.38. The summed E-state index contributed by atoms with van der Waals surface area (Å²) in [5, 5.41) is 1.58. The van der Waals surface area contributed by atoms with Crippen molar-refractivity contribution in [3.05, 3.63) is 69.7 Å². The van der Waals surface area contributed by atoms with E-state index in [9.17, 15) is 9.59 Å². The van der Waals surface area contributed by atoms with Crippen molar-refractivity contribution in [2.24, 2.45) is 0 Å². The molecular weight excluding hydrogens is 290 g/mol. The maximum atomic E-state index is 12.4. The van der Waals surface area contributed by atoms with Gasteiger partial charge in [-0.2, -0.15) is 5.06 Å². The quantitative estimate of drug-likeness (QED) is 0.811. The van der Waals surface area contributed by atoms with Gasteiger partial charge in [0, 0.05) is 10.6 Å². The molecule has 0 spiro atoms. The van der Waals surface area contributed by atoms with Crippen LogP contribution < -0.4 is 0 Å². The van der Waals surface area contributed by atoms with Crippen LogP contribution in [0.1, 0.15) is 31.8 Å². The smallest absolute Gasteiger partial charge is 0.332 e. The highest BCUT2D eigenvalue weighted by molar-refractivity contribution is 6.30. The van der Waals surface area contributed by atoms with Crippen LogP contribution >= 0.6 is 11.6 Å². The minimum Gasteiger partial charge on any atom is -0.332 e. The maximum Gasteiger partial charge on any atom is 0.363 e. The minimum absolute atomic E-state index is 0.189. The molecule has 21 heavy (non-hydrogen) atoms. The van der Waals surface area contributed by atoms with Gasteiger partial charge in [0.25, 0.3) is 5.91 Å². The third-order valence-corrected chi connectivity index (χ3v) is 3.55. The predicted molar refractivity (Wildman–Crippen MR) is 77.9 cm³/mol. The van der Waals surface area contributed by atoms with Crippen LogP contribution in [0, 0.1) is 6.92 Å². The minimum atomic E-state index is -0.548. The second-order valence-corrected chi connectivity index (χ2v) is 5.32. The Kier molecular flexibility index (Phi) is 3.39. The van der Waals surface area contributed by atoms with Gasteiger partial charge in [0.05, 0.1) is 12.1 Å². The number of hydroxylamine groups is 2. The van der Waals surface area contributed by atoms with E-state index in [2.05, 4.69) is 0 Å². The lowest BCUT2D eigenvalue weighted by atomic mass is 10.1. The Bertz CT molecular complexity index is 725. The number of nitrogens with zero attached hydrogens (tertiary/aromatic N) is 1. The van der Waals surface area contributed by atoms with Crippen molar-refractivity contribution in [3.8, 4) is 0 Å². The van der Waals surface area contributed by atoms with E-state index in [4.69, 9.17) is 16.4 Å². The van der Waals surface area contributed by atoms with E-state index in [-0.39, 0.29) is 12.5 Å². The van der Waals surface area contributed by atoms with Crippen LogP contribution in [0.25, 0.3) is 0 Å². The average Bonchev–Trinajstić information content (AvgIpc) is 2.46. The molecule has 2 aromatic carbocycles. The van der Waals surface area contributed by atoms with Crippen LogP contribution in [0.4, 0.5) is 0 Å². The molecule has 0 fully saturated rings. The molecule has 0 aromatic heterocycles. The monoisotopic (exact) mass is 301 g/mol. The number of hydrogen-bond donors (Lipinski definition) is 0. The Morgan fingerprint density at radius 2 is 1.90 bits per heavy atom. The second kappa shape index (κ2) is 5.22. The zero-order valence-electron chi connectivity index (χ0n) is 11.3. The maximum absolute atomic E-state index is 12.4. The van der Waals surface area contributed by atoms with Gasteiger partial charge in [-0.3, -0.25) is 4.79 Å². The number of halogens is 1. The molecule has 0 bridgehead atoms. The molecule has 0 N–H and O–H groups in total. The first-order valence-electron chi connectivity index (χ1n) is 6.44. The fourth-order valence-electron chi connectivity index (χ4n) is 2.18. The SMILES string of the molecule is Cc1ccc(C(=O)N2Cc3cc(Cl)ccc3C(=O)O2)cc1. The molecule has 106 valence electrons. The molecule has 5 heteroatoms. The number of benzene rings is 2. The lowest BCUT2D eigenvalue weighted by Gasteiger charge is -2.26. The topological polar surface area (TPSA) is 46.6 Å². The summed E-state index contributed by atoms with van der Waals surface area (Å²) in [6, 6.07) is 12.0. The molecule has 0 saturated heterocycles. The fraction of sp³-hybridized carbons (Fsp3) is 0.125. The highest BCUT2D eigenvalue weighted by atomic mass is 35.5. The number of rotatable bonds is 1. The number of carbonyl (C=O) groups excluding carboxylic acids is 2. The van der Waals surface area contributed by atoms with Crippen molar-refractivity contribution in [1.29, 1.82) is 0 Å². The lowest BCUT2D eigenvalue weighted by Crippen LogP contribution is -2.37. The van der Waals surface area contributed by atoms with Gasteiger partial charge in [-0.05, 0) is 42.8 Å². The van der Waals surface area contributed by atoms with Gasteiger partial charge < -0.3 is 4.84 Å². The average molecular weight is 302 g/mol. The van der Waals surface area contributed by atoms with Gasteiger partial charge >= 0.3 is 5.97 Å². The van der Waals surface area contributed by atoms with Crippen molar-refractivity contribution in [1.82, 2.24) is 5.06 Å². The van der Waals surface area contributed by atoms with Crippen LogP contribution in [-0.4, -0.2) is 16.9 Å². The lowest BCUT2D eigenvalue weighted by molar-refractivity contribution is -0.0929. The number of fused-ring (bicyclic) bond motifs is 1. The predicted octanol–water partition coefficient (Wildman–Crippen LogP) is 3.38. The van der Waals surface area contributed by atoms with Gasteiger partial charge in [-0.15, -0.1) is 0 Å². The molecule has 3 rings (SSSR count). The van der Waals surface area contributed by atoms with E-state index in [0.29, 0.717) is 21.7 Å². The molecule has 0 aliphatic carbocycles. The van der Waals surface area contributed by atoms with Crippen molar-refractivity contribution in [2.75, 3.05) is 0 Å². The van der Waals surface area contributed by atoms with Gasteiger partial charge in [-0.25, -0.2) is 4.79 Å². The Balaban J connectivity index is 1.90. The summed E-state index contributed by atoms with van der Waals surface area (Å²) in [4.78, 5) is 29.4. The summed E-state index contributed by atoms with van der Waals surface area (Å²) < 4.78 is 0. The van der Waals surface area contributed by atoms with Crippen LogP contribution in [-0.2, 0) is 11.4 Å². The summed E-state index contributed by atoms with van der Waals surface area (Å²) in [5.74, 6) is -0.901. The largest absolute Gasteiger partial charge is 0.363 e. The molecule has 0 unspecified atom stereocenters. The molecule has 1 amide bonds. The highest BCUT2D eigenvalue weighted by Gasteiger charge is 2.29. The summed E-state index contributed by atoms with van der Waals surface area (Å²) in [6.07, 6.45) is 0. The molecule has 0 radical (unpaired) electrons. The van der Waals surface area contributed by atoms with Gasteiger partial charge in [-0.1, -0.05) is 29.3 Å². The standard InChI is InChI=1S/C16H12ClNO3/c1-10-2-4-11(5-3-10)15(19)18-9-12-8-13(17)6-7-14(12)16(20)21-18/h2-8H,9H2,1H3. The third-order valence-electron chi connectivity index (χ3n) is 3.32. The molecule has 0 atom stereocenters. The normalized spacial score (nSPS) is 13.6. The molecule has 1 aliphatic rings. The van der Waals surface area contributed by atoms with Crippen molar-refractivity contribution < 1.29 is 14.4 Å². The Hall–Kier alpha value is -2.33. The molecule has 1 heterocycles. The van der Waals surface area contributed by atoms with E-state index in [1.807, 2.05) is 19.1 Å². The molecule has 1 aliphatic heterocycles. The van der Waals surface area contributed by atoms with E-state index >= 15 is 0 Å². The van der Waals surface area contributed by atoms with Crippen LogP contribution in [0.5, 0.6) is 0 Å². The van der Waals surface area contributed by atoms with Crippen LogP contribution in [0.15, 0.2) is 42.5 Å². The summed E-state index contributed by atoms with van der Waals surface area (Å²) in [7, 11) is 0. The summed E-state index contributed by atoms with van der Waals surface area (Å²) in [6.45, 7) is 2.13. The van der Waals surface area contributed by atoms with Gasteiger partial charge in [0.1, 0.15) is 0 Å². The number of hydrogen-bond acceptors (Lipinski definition) is 3. The first-order chi connectivity index (χ1) is 10.0. The Labute approximate surface area is 126 Å². The summed E-state index contributed by atoms with van der Waals surface area (Å²) >= 11 is 5.93.